The highest BCUT2D eigenvalue weighted by atomic mass is 32.1. The van der Waals surface area contributed by atoms with Gasteiger partial charge >= 0.3 is 5.97 Å². The average molecular weight is 349 g/mol. The molecule has 4 atom stereocenters. The van der Waals surface area contributed by atoms with E-state index in [0.29, 0.717) is 17.0 Å². The van der Waals surface area contributed by atoms with E-state index in [9.17, 15) is 19.5 Å². The number of esters is 1. The van der Waals surface area contributed by atoms with E-state index in [-0.39, 0.29) is 23.6 Å². The number of aromatic nitrogens is 1. The van der Waals surface area contributed by atoms with E-state index in [1.807, 2.05) is 12.2 Å². The quantitative estimate of drug-likeness (QED) is 0.621. The predicted octanol–water partition coefficient (Wildman–Crippen LogP) is 0.755. The summed E-state index contributed by atoms with van der Waals surface area (Å²) in [5, 5.41) is 14.3. The maximum Gasteiger partial charge on any atom is 0.350 e. The number of hydrogen-bond donors (Lipinski definition) is 1. The fraction of sp³-hybridized carbons (Fsp3) is 0.500. The highest BCUT2D eigenvalue weighted by Crippen LogP contribution is 2.48. The van der Waals surface area contributed by atoms with Crippen LogP contribution in [0, 0.1) is 30.6 Å². The molecule has 0 radical (unpaired) electrons. The number of anilines is 1. The molecule has 8 heteroatoms. The van der Waals surface area contributed by atoms with E-state index in [0.717, 1.165) is 11.3 Å². The summed E-state index contributed by atoms with van der Waals surface area (Å²) >= 11 is 1.03. The number of amides is 1. The third-order valence-corrected chi connectivity index (χ3v) is 5.57. The van der Waals surface area contributed by atoms with Crippen molar-refractivity contribution in [2.24, 2.45) is 23.7 Å². The summed E-state index contributed by atoms with van der Waals surface area (Å²) in [6.07, 6.45) is 4.40. The van der Waals surface area contributed by atoms with E-state index in [2.05, 4.69) is 10.3 Å². The second-order valence-electron chi connectivity index (χ2n) is 5.96. The number of aryl methyl sites for hydroxylation is 1. The molecule has 24 heavy (non-hydrogen) atoms. The normalized spacial score (nSPS) is 27.2. The summed E-state index contributed by atoms with van der Waals surface area (Å²) in [6.45, 7) is 3.62. The van der Waals surface area contributed by atoms with E-state index < -0.39 is 29.7 Å². The Bertz CT molecular complexity index is 726. The fourth-order valence-electron chi connectivity index (χ4n) is 3.53. The maximum absolute atomic E-state index is 12.5. The van der Waals surface area contributed by atoms with Crippen LogP contribution in [0.25, 0.3) is 0 Å². The molecule has 1 fully saturated rings. The van der Waals surface area contributed by atoms with Crippen LogP contribution in [-0.4, -0.2) is 29.4 Å². The van der Waals surface area contributed by atoms with Crippen molar-refractivity contribution in [2.45, 2.75) is 20.3 Å². The zero-order chi connectivity index (χ0) is 17.4. The molecule has 1 N–H and O–H groups in total. The van der Waals surface area contributed by atoms with Crippen LogP contribution in [0.1, 0.15) is 28.7 Å². The summed E-state index contributed by atoms with van der Waals surface area (Å²) < 4.78 is 4.94. The number of carboxylic acids is 1. The van der Waals surface area contributed by atoms with Crippen molar-refractivity contribution < 1.29 is 24.2 Å². The van der Waals surface area contributed by atoms with Crippen molar-refractivity contribution in [3.8, 4) is 0 Å². The maximum atomic E-state index is 12.5. The van der Waals surface area contributed by atoms with E-state index in [1.165, 1.54) is 0 Å². The number of allylic oxidation sites excluding steroid dienone is 2. The van der Waals surface area contributed by atoms with Crippen LogP contribution in [0.2, 0.25) is 0 Å². The van der Waals surface area contributed by atoms with Gasteiger partial charge < -0.3 is 20.0 Å². The first kappa shape index (κ1) is 16.6. The van der Waals surface area contributed by atoms with Gasteiger partial charge in [-0.3, -0.25) is 4.79 Å². The van der Waals surface area contributed by atoms with Crippen molar-refractivity contribution in [1.29, 1.82) is 0 Å². The number of carboxylic acid groups (broad SMARTS) is 1. The molecular formula is C16H17N2O5S-. The van der Waals surface area contributed by atoms with Crippen LogP contribution in [0.5, 0.6) is 0 Å². The highest BCUT2D eigenvalue weighted by molar-refractivity contribution is 7.17. The molecule has 3 rings (SSSR count). The van der Waals surface area contributed by atoms with E-state index in [4.69, 9.17) is 4.74 Å². The largest absolute Gasteiger partial charge is 0.550 e. The molecule has 7 nitrogen and oxygen atoms in total. The lowest BCUT2D eigenvalue weighted by molar-refractivity contribution is -0.313. The molecule has 128 valence electrons. The molecule has 0 aromatic carbocycles. The summed E-state index contributed by atoms with van der Waals surface area (Å²) in [5.41, 5.74) is 0.470. The van der Waals surface area contributed by atoms with Crippen LogP contribution < -0.4 is 10.4 Å². The molecule has 2 aliphatic rings. The third-order valence-electron chi connectivity index (χ3n) is 4.52. The average Bonchev–Trinajstić information content (AvgIpc) is 3.20. The number of rotatable bonds is 5. The molecule has 1 aromatic rings. The summed E-state index contributed by atoms with van der Waals surface area (Å²) in [4.78, 5) is 40.2. The minimum absolute atomic E-state index is 0.0940. The number of nitrogens with zero attached hydrogens (tertiary/aromatic N) is 1. The van der Waals surface area contributed by atoms with Crippen LogP contribution in [0.4, 0.5) is 5.13 Å². The first-order valence-corrected chi connectivity index (χ1v) is 8.58. The van der Waals surface area contributed by atoms with Crippen molar-refractivity contribution in [1.82, 2.24) is 4.98 Å². The lowest BCUT2D eigenvalue weighted by atomic mass is 9.82. The first-order valence-electron chi connectivity index (χ1n) is 7.77. The Kier molecular flexibility index (Phi) is 4.40. The highest BCUT2D eigenvalue weighted by Gasteiger charge is 2.48. The Morgan fingerprint density at radius 2 is 2.00 bits per heavy atom. The van der Waals surface area contributed by atoms with Gasteiger partial charge in [-0.25, -0.2) is 9.78 Å². The molecular weight excluding hydrogens is 332 g/mol. The molecule has 0 spiro atoms. The number of hydrogen-bond acceptors (Lipinski definition) is 7. The van der Waals surface area contributed by atoms with Crippen molar-refractivity contribution in [3.05, 3.63) is 22.7 Å². The lowest BCUT2D eigenvalue weighted by Crippen LogP contribution is -2.42. The topological polar surface area (TPSA) is 108 Å². The van der Waals surface area contributed by atoms with Gasteiger partial charge in [0.05, 0.1) is 18.2 Å². The van der Waals surface area contributed by atoms with Crippen LogP contribution in [-0.2, 0) is 14.3 Å². The number of ether oxygens (including phenoxy) is 1. The number of thiazole rings is 1. The van der Waals surface area contributed by atoms with Crippen molar-refractivity contribution >= 4 is 34.3 Å². The molecule has 1 heterocycles. The predicted molar refractivity (Wildman–Crippen MR) is 84.2 cm³/mol. The molecule has 0 unspecified atom stereocenters. The van der Waals surface area contributed by atoms with Gasteiger partial charge in [-0.2, -0.15) is 0 Å². The number of carbonyl (C=O) groups excluding carboxylic acids is 3. The molecule has 1 saturated carbocycles. The monoisotopic (exact) mass is 349 g/mol. The Hall–Kier alpha value is -2.22. The summed E-state index contributed by atoms with van der Waals surface area (Å²) in [5.74, 6) is -3.80. The van der Waals surface area contributed by atoms with Crippen LogP contribution in [0.15, 0.2) is 12.2 Å². The lowest BCUT2D eigenvalue weighted by Gasteiger charge is -2.27. The third kappa shape index (κ3) is 2.82. The molecule has 0 saturated heterocycles. The zero-order valence-electron chi connectivity index (χ0n) is 13.3. The second kappa shape index (κ2) is 6.35. The Morgan fingerprint density at radius 3 is 2.62 bits per heavy atom. The summed E-state index contributed by atoms with van der Waals surface area (Å²) in [7, 11) is 0. The number of nitrogens with one attached hydrogen (secondary N) is 1. The van der Waals surface area contributed by atoms with E-state index >= 15 is 0 Å². The van der Waals surface area contributed by atoms with Crippen LogP contribution in [0.3, 0.4) is 0 Å². The standard InChI is InChI=1S/C16H18N2O5S/c1-3-23-15(22)12-7(2)17-16(24-12)18-13(19)10-8-4-5-9(6-8)11(10)14(20)21/h4-5,8-11H,3,6H2,1-2H3,(H,20,21)(H,17,18,19)/p-1/t8-,9+,10-,11+/m1/s1. The molecule has 0 aliphatic heterocycles. The molecule has 2 bridgehead atoms. The molecule has 1 amide bonds. The van der Waals surface area contributed by atoms with Gasteiger partial charge in [0.15, 0.2) is 5.13 Å². The molecule has 1 aromatic heterocycles. The van der Waals surface area contributed by atoms with Gasteiger partial charge in [0.25, 0.3) is 0 Å². The zero-order valence-corrected chi connectivity index (χ0v) is 14.1. The minimum atomic E-state index is -1.20. The first-order chi connectivity index (χ1) is 11.4. The summed E-state index contributed by atoms with van der Waals surface area (Å²) in [6, 6.07) is 0. The van der Waals surface area contributed by atoms with Crippen LogP contribution >= 0.6 is 11.3 Å². The minimum Gasteiger partial charge on any atom is -0.550 e. The molecule has 2 aliphatic carbocycles. The number of fused-ring (bicyclic) bond motifs is 2. The number of aliphatic carboxylic acids is 1. The number of carbonyl (C=O) groups is 3. The second-order valence-corrected chi connectivity index (χ2v) is 6.96. The Labute approximate surface area is 142 Å². The van der Waals surface area contributed by atoms with Gasteiger partial charge in [-0.05, 0) is 32.1 Å². The van der Waals surface area contributed by atoms with Crippen molar-refractivity contribution in [3.63, 3.8) is 0 Å². The smallest absolute Gasteiger partial charge is 0.350 e. The van der Waals surface area contributed by atoms with Gasteiger partial charge in [-0.15, -0.1) is 0 Å². The van der Waals surface area contributed by atoms with Gasteiger partial charge in [0, 0.05) is 11.9 Å². The van der Waals surface area contributed by atoms with Gasteiger partial charge in [0.1, 0.15) is 4.88 Å². The Balaban J connectivity index is 1.76. The van der Waals surface area contributed by atoms with Gasteiger partial charge in [0.2, 0.25) is 5.91 Å². The SMILES string of the molecule is CCOC(=O)c1sc(NC(=O)[C@H]2[C@@H](C(=O)[O-])[C@H]3C=C[C@@H]2C3)nc1C. The van der Waals surface area contributed by atoms with Crippen molar-refractivity contribution in [2.75, 3.05) is 11.9 Å². The fourth-order valence-corrected chi connectivity index (χ4v) is 4.39. The van der Waals surface area contributed by atoms with E-state index in [1.54, 1.807) is 13.8 Å². The van der Waals surface area contributed by atoms with Gasteiger partial charge in [-0.1, -0.05) is 23.5 Å². The Morgan fingerprint density at radius 1 is 1.33 bits per heavy atom.